The monoisotopic (exact) mass is 327 g/mol. The van der Waals surface area contributed by atoms with E-state index in [1.54, 1.807) is 0 Å². The van der Waals surface area contributed by atoms with Gasteiger partial charge in [0.2, 0.25) is 0 Å². The molecule has 0 atom stereocenters. The van der Waals surface area contributed by atoms with Gasteiger partial charge in [-0.3, -0.25) is 0 Å². The van der Waals surface area contributed by atoms with Crippen LogP contribution < -0.4 is 0 Å². The summed E-state index contributed by atoms with van der Waals surface area (Å²) in [5, 5.41) is 8.43. The molecule has 0 unspecified atom stereocenters. The molecule has 0 spiro atoms. The van der Waals surface area contributed by atoms with Crippen molar-refractivity contribution in [2.75, 3.05) is 0 Å². The Morgan fingerprint density at radius 1 is 1.10 bits per heavy atom. The average Bonchev–Trinajstić information content (AvgIpc) is 2.88. The van der Waals surface area contributed by atoms with Crippen molar-refractivity contribution in [1.29, 1.82) is 0 Å². The first-order valence-electron chi connectivity index (χ1n) is 6.42. The van der Waals surface area contributed by atoms with Crippen LogP contribution in [0.4, 0.5) is 0 Å². The Labute approximate surface area is 126 Å². The second-order valence-electron chi connectivity index (χ2n) is 4.80. The van der Waals surface area contributed by atoms with Gasteiger partial charge in [0.15, 0.2) is 0 Å². The van der Waals surface area contributed by atoms with Gasteiger partial charge in [0.05, 0.1) is 12.7 Å². The molecule has 0 saturated heterocycles. The molecule has 0 aliphatic heterocycles. The molecule has 3 aromatic rings. The van der Waals surface area contributed by atoms with Crippen molar-refractivity contribution in [2.45, 2.75) is 13.5 Å². The summed E-state index contributed by atoms with van der Waals surface area (Å²) in [4.78, 5) is 0. The van der Waals surface area contributed by atoms with Crippen LogP contribution in [0.3, 0.4) is 0 Å². The molecule has 3 nitrogen and oxygen atoms in total. The van der Waals surface area contributed by atoms with E-state index in [2.05, 4.69) is 57.4 Å². The quantitative estimate of drug-likeness (QED) is 0.726. The second kappa shape index (κ2) is 5.59. The first-order chi connectivity index (χ1) is 9.70. The van der Waals surface area contributed by atoms with Crippen molar-refractivity contribution in [3.63, 3.8) is 0 Å². The van der Waals surface area contributed by atoms with Gasteiger partial charge in [-0.2, -0.15) is 0 Å². The smallest absolute Gasteiger partial charge is 0.113 e. The van der Waals surface area contributed by atoms with Crippen molar-refractivity contribution in [1.82, 2.24) is 15.0 Å². The summed E-state index contributed by atoms with van der Waals surface area (Å²) in [6.07, 6.45) is 1.98. The van der Waals surface area contributed by atoms with E-state index in [0.717, 1.165) is 22.3 Å². The highest BCUT2D eigenvalue weighted by atomic mass is 79.9. The van der Waals surface area contributed by atoms with Gasteiger partial charge in [-0.05, 0) is 24.6 Å². The molecular formula is C16H14BrN3. The van der Waals surface area contributed by atoms with E-state index < -0.39 is 0 Å². The number of hydrogen-bond acceptors (Lipinski definition) is 2. The summed E-state index contributed by atoms with van der Waals surface area (Å²) in [5.41, 5.74) is 4.46. The van der Waals surface area contributed by atoms with Crippen LogP contribution in [0.25, 0.3) is 11.3 Å². The third kappa shape index (κ3) is 2.96. The highest BCUT2D eigenvalue weighted by Gasteiger charge is 2.04. The van der Waals surface area contributed by atoms with Crippen LogP contribution >= 0.6 is 15.9 Å². The summed E-state index contributed by atoms with van der Waals surface area (Å²) in [6, 6.07) is 16.5. The van der Waals surface area contributed by atoms with Gasteiger partial charge in [-0.1, -0.05) is 63.1 Å². The molecule has 20 heavy (non-hydrogen) atoms. The Kier molecular flexibility index (Phi) is 3.65. The third-order valence-corrected chi connectivity index (χ3v) is 3.63. The van der Waals surface area contributed by atoms with Gasteiger partial charge < -0.3 is 0 Å². The number of benzene rings is 2. The molecule has 4 heteroatoms. The number of rotatable bonds is 3. The number of aromatic nitrogens is 3. The molecule has 2 aromatic carbocycles. The Hall–Kier alpha value is -1.94. The molecule has 0 radical (unpaired) electrons. The van der Waals surface area contributed by atoms with E-state index in [0.29, 0.717) is 0 Å². The lowest BCUT2D eigenvalue weighted by molar-refractivity contribution is 0.649. The highest BCUT2D eigenvalue weighted by molar-refractivity contribution is 9.10. The maximum Gasteiger partial charge on any atom is 0.113 e. The van der Waals surface area contributed by atoms with Gasteiger partial charge >= 0.3 is 0 Å². The van der Waals surface area contributed by atoms with E-state index >= 15 is 0 Å². The standard InChI is InChI=1S/C16H14BrN3/c1-12-3-2-4-13(9-12)10-20-11-16(18-19-20)14-5-7-15(17)8-6-14/h2-9,11H,10H2,1H3. The van der Waals surface area contributed by atoms with Gasteiger partial charge in [-0.15, -0.1) is 5.10 Å². The van der Waals surface area contributed by atoms with Gasteiger partial charge in [0.25, 0.3) is 0 Å². The zero-order chi connectivity index (χ0) is 13.9. The van der Waals surface area contributed by atoms with Crippen molar-refractivity contribution < 1.29 is 0 Å². The van der Waals surface area contributed by atoms with E-state index in [1.807, 2.05) is 35.1 Å². The predicted molar refractivity (Wildman–Crippen MR) is 83.4 cm³/mol. The van der Waals surface area contributed by atoms with Gasteiger partial charge in [0.1, 0.15) is 5.69 Å². The fourth-order valence-corrected chi connectivity index (χ4v) is 2.39. The molecule has 0 aliphatic carbocycles. The lowest BCUT2D eigenvalue weighted by Gasteiger charge is -2.01. The third-order valence-electron chi connectivity index (χ3n) is 3.11. The molecule has 1 heterocycles. The zero-order valence-electron chi connectivity index (χ0n) is 11.1. The van der Waals surface area contributed by atoms with Crippen molar-refractivity contribution in [3.8, 4) is 11.3 Å². The Bertz CT molecular complexity index is 717. The molecule has 0 saturated carbocycles. The summed E-state index contributed by atoms with van der Waals surface area (Å²) < 4.78 is 2.93. The minimum Gasteiger partial charge on any atom is -0.247 e. The van der Waals surface area contributed by atoms with E-state index in [9.17, 15) is 0 Å². The maximum absolute atomic E-state index is 4.23. The summed E-state index contributed by atoms with van der Waals surface area (Å²) in [5.74, 6) is 0. The molecular weight excluding hydrogens is 314 g/mol. The predicted octanol–water partition coefficient (Wildman–Crippen LogP) is 4.06. The van der Waals surface area contributed by atoms with Crippen molar-refractivity contribution >= 4 is 15.9 Å². The van der Waals surface area contributed by atoms with Gasteiger partial charge in [0, 0.05) is 10.0 Å². The Balaban J connectivity index is 1.82. The lowest BCUT2D eigenvalue weighted by Crippen LogP contribution is -2.00. The maximum atomic E-state index is 4.23. The summed E-state index contributed by atoms with van der Waals surface area (Å²) in [6.45, 7) is 2.84. The van der Waals surface area contributed by atoms with Crippen LogP contribution in [0.2, 0.25) is 0 Å². The second-order valence-corrected chi connectivity index (χ2v) is 5.71. The molecule has 0 bridgehead atoms. The fraction of sp³-hybridized carbons (Fsp3) is 0.125. The molecule has 1 aromatic heterocycles. The van der Waals surface area contributed by atoms with Gasteiger partial charge in [-0.25, -0.2) is 4.68 Å². The molecule has 0 aliphatic rings. The van der Waals surface area contributed by atoms with Crippen LogP contribution in [0.15, 0.2) is 59.2 Å². The fourth-order valence-electron chi connectivity index (χ4n) is 2.13. The van der Waals surface area contributed by atoms with Crippen LogP contribution in [0, 0.1) is 6.92 Å². The van der Waals surface area contributed by atoms with Crippen molar-refractivity contribution in [3.05, 3.63) is 70.3 Å². The Morgan fingerprint density at radius 2 is 1.90 bits per heavy atom. The molecule has 0 amide bonds. The number of aryl methyl sites for hydroxylation is 1. The summed E-state index contributed by atoms with van der Waals surface area (Å²) >= 11 is 3.43. The van der Waals surface area contributed by atoms with E-state index in [4.69, 9.17) is 0 Å². The SMILES string of the molecule is Cc1cccc(Cn2cc(-c3ccc(Br)cc3)nn2)c1. The average molecular weight is 328 g/mol. The van der Waals surface area contributed by atoms with Crippen LogP contribution in [-0.2, 0) is 6.54 Å². The first kappa shape index (κ1) is 13.1. The van der Waals surface area contributed by atoms with E-state index in [1.165, 1.54) is 11.1 Å². The highest BCUT2D eigenvalue weighted by Crippen LogP contribution is 2.19. The molecule has 100 valence electrons. The van der Waals surface area contributed by atoms with E-state index in [-0.39, 0.29) is 0 Å². The molecule has 0 fully saturated rings. The zero-order valence-corrected chi connectivity index (χ0v) is 12.7. The normalized spacial score (nSPS) is 10.7. The topological polar surface area (TPSA) is 30.7 Å². The van der Waals surface area contributed by atoms with Crippen LogP contribution in [0.1, 0.15) is 11.1 Å². The van der Waals surface area contributed by atoms with Crippen molar-refractivity contribution in [2.24, 2.45) is 0 Å². The minimum absolute atomic E-state index is 0.741. The number of nitrogens with zero attached hydrogens (tertiary/aromatic N) is 3. The first-order valence-corrected chi connectivity index (χ1v) is 7.21. The molecule has 0 N–H and O–H groups in total. The number of hydrogen-bond donors (Lipinski definition) is 0. The molecule has 3 rings (SSSR count). The summed E-state index contributed by atoms with van der Waals surface area (Å²) in [7, 11) is 0. The lowest BCUT2D eigenvalue weighted by atomic mass is 10.1. The minimum atomic E-state index is 0.741. The van der Waals surface area contributed by atoms with Crippen LogP contribution in [0.5, 0.6) is 0 Å². The largest absolute Gasteiger partial charge is 0.247 e. The number of halogens is 1. The Morgan fingerprint density at radius 3 is 2.65 bits per heavy atom. The van der Waals surface area contributed by atoms with Crippen LogP contribution in [-0.4, -0.2) is 15.0 Å².